The molecule has 38 heavy (non-hydrogen) atoms. The van der Waals surface area contributed by atoms with Crippen molar-refractivity contribution in [2.24, 2.45) is 11.5 Å². The number of urea groups is 1. The Morgan fingerprint density at radius 3 is 2.47 bits per heavy atom. The number of carbonyl (C=O) groups excluding carboxylic acids is 3. The molecule has 3 amide bonds. The van der Waals surface area contributed by atoms with Gasteiger partial charge in [-0.1, -0.05) is 48.5 Å². The Morgan fingerprint density at radius 1 is 0.947 bits per heavy atom. The number of para-hydroxylation sites is 2. The molecule has 1 aromatic heterocycles. The predicted octanol–water partition coefficient (Wildman–Crippen LogP) is 4.50. The number of hydrogen-bond acceptors (Lipinski definition) is 5. The van der Waals surface area contributed by atoms with E-state index in [1.807, 2.05) is 54.6 Å². The average molecular weight is 512 g/mol. The number of ether oxygens (including phenoxy) is 1. The second-order valence-corrected chi connectivity index (χ2v) is 9.39. The second kappa shape index (κ2) is 10.8. The van der Waals surface area contributed by atoms with E-state index >= 15 is 0 Å². The number of nitrogens with zero attached hydrogens (tertiary/aromatic N) is 2. The molecule has 5 rings (SSSR count). The van der Waals surface area contributed by atoms with E-state index in [0.717, 1.165) is 11.3 Å². The van der Waals surface area contributed by atoms with Gasteiger partial charge in [0.05, 0.1) is 17.2 Å². The van der Waals surface area contributed by atoms with Crippen molar-refractivity contribution in [3.05, 3.63) is 90.6 Å². The minimum absolute atomic E-state index is 0.0537. The van der Waals surface area contributed by atoms with Crippen molar-refractivity contribution in [3.63, 3.8) is 0 Å². The lowest BCUT2D eigenvalue weighted by molar-refractivity contribution is -0.122. The van der Waals surface area contributed by atoms with Gasteiger partial charge in [0.15, 0.2) is 5.78 Å². The number of ketones is 1. The van der Waals surface area contributed by atoms with Crippen LogP contribution in [0.1, 0.15) is 18.4 Å². The van der Waals surface area contributed by atoms with Crippen molar-refractivity contribution >= 4 is 34.4 Å². The summed E-state index contributed by atoms with van der Waals surface area (Å²) in [6, 6.07) is 22.2. The Labute approximate surface area is 220 Å². The quantitative estimate of drug-likeness (QED) is 0.336. The summed E-state index contributed by atoms with van der Waals surface area (Å²) in [6.07, 6.45) is 2.66. The molecule has 1 fully saturated rings. The van der Waals surface area contributed by atoms with Crippen LogP contribution in [-0.2, 0) is 11.2 Å². The highest BCUT2D eigenvalue weighted by atomic mass is 16.5. The number of carbonyl (C=O) groups is 3. The molecule has 0 saturated carbocycles. The summed E-state index contributed by atoms with van der Waals surface area (Å²) in [7, 11) is 0. The average Bonchev–Trinajstić information content (AvgIpc) is 3.49. The lowest BCUT2D eigenvalue weighted by Crippen LogP contribution is -2.43. The van der Waals surface area contributed by atoms with Crippen LogP contribution >= 0.6 is 0 Å². The van der Waals surface area contributed by atoms with Crippen LogP contribution in [0.3, 0.4) is 0 Å². The van der Waals surface area contributed by atoms with E-state index in [0.29, 0.717) is 35.2 Å². The van der Waals surface area contributed by atoms with Crippen LogP contribution in [0.2, 0.25) is 0 Å². The number of Topliss-reactive ketones (excluding diaryl/α,β-unsaturated/α-hetero) is 1. The minimum atomic E-state index is -0.656. The summed E-state index contributed by atoms with van der Waals surface area (Å²) >= 11 is 0. The number of hydrogen-bond donors (Lipinski definition) is 3. The summed E-state index contributed by atoms with van der Waals surface area (Å²) in [4.78, 5) is 39.8. The highest BCUT2D eigenvalue weighted by Gasteiger charge is 2.38. The minimum Gasteiger partial charge on any atom is -0.457 e. The van der Waals surface area contributed by atoms with Crippen LogP contribution in [0.5, 0.6) is 11.5 Å². The number of fused-ring (bicyclic) bond motifs is 1. The summed E-state index contributed by atoms with van der Waals surface area (Å²) in [5.74, 6) is 1.38. The van der Waals surface area contributed by atoms with Crippen LogP contribution in [0, 0.1) is 0 Å². The Hall–Kier alpha value is -4.63. The van der Waals surface area contributed by atoms with Gasteiger partial charge in [-0.3, -0.25) is 9.36 Å². The van der Waals surface area contributed by atoms with Crippen molar-refractivity contribution in [2.75, 3.05) is 11.9 Å². The monoisotopic (exact) mass is 511 g/mol. The number of likely N-dealkylation sites (tertiary alicyclic amines) is 1. The van der Waals surface area contributed by atoms with Gasteiger partial charge < -0.3 is 26.4 Å². The number of nitrogens with two attached hydrogens (primary N) is 2. The number of anilines is 1. The maximum Gasteiger partial charge on any atom is 0.323 e. The zero-order valence-electron chi connectivity index (χ0n) is 20.7. The fraction of sp³-hybridized carbons (Fsp3) is 0.207. The van der Waals surface area contributed by atoms with E-state index in [2.05, 4.69) is 5.32 Å². The number of primary amides is 1. The topological polar surface area (TPSA) is 133 Å². The number of rotatable bonds is 7. The molecule has 2 heterocycles. The zero-order chi connectivity index (χ0) is 26.6. The maximum atomic E-state index is 13.3. The SMILES string of the molecule is NC(=O)n1cc(NC(=O)N2C[C@@H](N)C[C@H]2C(=O)CCc2cccc(Oc3ccccc3)c2)c2ccccc21. The van der Waals surface area contributed by atoms with Crippen molar-refractivity contribution in [2.45, 2.75) is 31.3 Å². The lowest BCUT2D eigenvalue weighted by atomic mass is 10.0. The Balaban J connectivity index is 1.25. The molecule has 3 aromatic carbocycles. The second-order valence-electron chi connectivity index (χ2n) is 9.39. The maximum absolute atomic E-state index is 13.3. The third kappa shape index (κ3) is 5.37. The molecule has 9 nitrogen and oxygen atoms in total. The molecule has 0 spiro atoms. The van der Waals surface area contributed by atoms with Crippen molar-refractivity contribution in [1.29, 1.82) is 0 Å². The van der Waals surface area contributed by atoms with Gasteiger partial charge in [-0.05, 0) is 48.7 Å². The first kappa shape index (κ1) is 25.0. The molecule has 0 bridgehead atoms. The predicted molar refractivity (Wildman–Crippen MR) is 145 cm³/mol. The highest BCUT2D eigenvalue weighted by molar-refractivity contribution is 6.05. The molecule has 0 aliphatic carbocycles. The van der Waals surface area contributed by atoms with Gasteiger partial charge >= 0.3 is 12.1 Å². The van der Waals surface area contributed by atoms with Crippen LogP contribution < -0.4 is 21.5 Å². The van der Waals surface area contributed by atoms with Crippen molar-refractivity contribution in [3.8, 4) is 11.5 Å². The summed E-state index contributed by atoms with van der Waals surface area (Å²) in [6.45, 7) is 0.261. The van der Waals surface area contributed by atoms with Crippen LogP contribution in [-0.4, -0.2) is 45.9 Å². The number of amides is 3. The van der Waals surface area contributed by atoms with Crippen LogP contribution in [0.4, 0.5) is 15.3 Å². The summed E-state index contributed by atoms with van der Waals surface area (Å²) in [5, 5.41) is 3.52. The lowest BCUT2D eigenvalue weighted by Gasteiger charge is -2.24. The summed E-state index contributed by atoms with van der Waals surface area (Å²) < 4.78 is 7.18. The van der Waals surface area contributed by atoms with E-state index in [9.17, 15) is 14.4 Å². The molecule has 1 aliphatic rings. The normalized spacial score (nSPS) is 16.9. The Bertz CT molecular complexity index is 1480. The Kier molecular flexibility index (Phi) is 7.10. The molecule has 0 unspecified atom stereocenters. The molecular weight excluding hydrogens is 482 g/mol. The molecular formula is C29H29N5O4. The number of benzene rings is 3. The highest BCUT2D eigenvalue weighted by Crippen LogP contribution is 2.28. The number of aromatic nitrogens is 1. The molecule has 4 aromatic rings. The van der Waals surface area contributed by atoms with Crippen LogP contribution in [0.15, 0.2) is 85.1 Å². The van der Waals surface area contributed by atoms with E-state index in [1.54, 1.807) is 24.3 Å². The molecule has 1 saturated heterocycles. The van der Waals surface area contributed by atoms with Gasteiger partial charge in [-0.2, -0.15) is 0 Å². The first-order chi connectivity index (χ1) is 18.4. The fourth-order valence-electron chi connectivity index (χ4n) is 4.87. The summed E-state index contributed by atoms with van der Waals surface area (Å²) in [5.41, 5.74) is 13.6. The number of aryl methyl sites for hydroxylation is 1. The van der Waals surface area contributed by atoms with Crippen molar-refractivity contribution in [1.82, 2.24) is 9.47 Å². The van der Waals surface area contributed by atoms with E-state index < -0.39 is 18.1 Å². The third-order valence-corrected chi connectivity index (χ3v) is 6.69. The van der Waals surface area contributed by atoms with Crippen molar-refractivity contribution < 1.29 is 19.1 Å². The van der Waals surface area contributed by atoms with Gasteiger partial charge in [-0.15, -0.1) is 0 Å². The van der Waals surface area contributed by atoms with Gasteiger partial charge in [0.25, 0.3) is 0 Å². The van der Waals surface area contributed by atoms with E-state index in [1.165, 1.54) is 15.7 Å². The van der Waals surface area contributed by atoms with Gasteiger partial charge in [0, 0.05) is 30.6 Å². The fourth-order valence-corrected chi connectivity index (χ4v) is 4.87. The van der Waals surface area contributed by atoms with Gasteiger partial charge in [0.1, 0.15) is 11.5 Å². The smallest absolute Gasteiger partial charge is 0.323 e. The zero-order valence-corrected chi connectivity index (χ0v) is 20.7. The number of nitrogens with one attached hydrogen (secondary N) is 1. The molecule has 1 aliphatic heterocycles. The first-order valence-electron chi connectivity index (χ1n) is 12.5. The van der Waals surface area contributed by atoms with Crippen LogP contribution in [0.25, 0.3) is 10.9 Å². The largest absolute Gasteiger partial charge is 0.457 e. The Morgan fingerprint density at radius 2 is 1.68 bits per heavy atom. The standard InChI is InChI=1S/C29H29N5O4/c30-20-16-26(27(35)14-13-19-7-6-10-22(15-19)38-21-8-2-1-3-9-21)34(17-20)29(37)32-24-18-33(28(31)36)25-12-5-4-11-23(24)25/h1-12,15,18,20,26H,13-14,16-17,30H2,(H2,31,36)(H,32,37)/t20-,26-/m0/s1. The van der Waals surface area contributed by atoms with E-state index in [-0.39, 0.29) is 24.8 Å². The molecule has 0 radical (unpaired) electrons. The molecule has 194 valence electrons. The van der Waals surface area contributed by atoms with Gasteiger partial charge in [0.2, 0.25) is 0 Å². The molecule has 5 N–H and O–H groups in total. The van der Waals surface area contributed by atoms with E-state index in [4.69, 9.17) is 16.2 Å². The first-order valence-corrected chi connectivity index (χ1v) is 12.5. The third-order valence-electron chi connectivity index (χ3n) is 6.69. The molecule has 2 atom stereocenters. The molecule has 9 heteroatoms. The van der Waals surface area contributed by atoms with Gasteiger partial charge in [-0.25, -0.2) is 9.59 Å².